The number of methoxy groups -OCH3 is 1. The Morgan fingerprint density at radius 2 is 1.88 bits per heavy atom. The molecule has 0 aliphatic carbocycles. The molecule has 9 heteroatoms. The molecule has 0 saturated heterocycles. The van der Waals surface area contributed by atoms with Gasteiger partial charge in [-0.25, -0.2) is 13.8 Å². The van der Waals surface area contributed by atoms with E-state index in [1.54, 1.807) is 25.3 Å². The van der Waals surface area contributed by atoms with Crippen molar-refractivity contribution < 1.29 is 23.1 Å². The Bertz CT molecular complexity index is 1370. The van der Waals surface area contributed by atoms with Crippen molar-refractivity contribution in [1.29, 1.82) is 0 Å². The van der Waals surface area contributed by atoms with Gasteiger partial charge < -0.3 is 14.6 Å². The number of aromatic amines is 1. The highest BCUT2D eigenvalue weighted by Gasteiger charge is 2.25. The molecule has 0 radical (unpaired) electrons. The molecular formula is C25H22F2N4O3. The molecular weight excluding hydrogens is 442 g/mol. The highest BCUT2D eigenvalue weighted by molar-refractivity contribution is 5.99. The van der Waals surface area contributed by atoms with E-state index in [0.29, 0.717) is 22.9 Å². The number of hydrogen-bond acceptors (Lipinski definition) is 5. The molecule has 0 aliphatic rings. The number of esters is 1. The number of hydrogen-bond donors (Lipinski definition) is 1. The lowest BCUT2D eigenvalue weighted by Crippen LogP contribution is -2.38. The van der Waals surface area contributed by atoms with E-state index < -0.39 is 11.9 Å². The van der Waals surface area contributed by atoms with Gasteiger partial charge in [0.05, 0.1) is 7.11 Å². The first-order chi connectivity index (χ1) is 16.4. The maximum Gasteiger partial charge on any atom is 0.325 e. The maximum atomic E-state index is 13.8. The van der Waals surface area contributed by atoms with Gasteiger partial charge in [-0.2, -0.15) is 0 Å². The molecule has 2 aromatic heterocycles. The zero-order valence-electron chi connectivity index (χ0n) is 18.6. The topological polar surface area (TPSA) is 88.2 Å². The van der Waals surface area contributed by atoms with Crippen LogP contribution >= 0.6 is 0 Å². The van der Waals surface area contributed by atoms with Crippen molar-refractivity contribution in [1.82, 2.24) is 19.9 Å². The minimum absolute atomic E-state index is 0.0300. The average molecular weight is 464 g/mol. The van der Waals surface area contributed by atoms with Gasteiger partial charge in [0.25, 0.3) is 5.91 Å². The van der Waals surface area contributed by atoms with Crippen molar-refractivity contribution in [3.8, 4) is 11.3 Å². The van der Waals surface area contributed by atoms with Crippen LogP contribution in [0.4, 0.5) is 8.78 Å². The molecule has 0 spiro atoms. The van der Waals surface area contributed by atoms with Crippen LogP contribution in [0, 0.1) is 18.6 Å². The van der Waals surface area contributed by atoms with E-state index in [1.807, 2.05) is 0 Å². The van der Waals surface area contributed by atoms with Crippen molar-refractivity contribution >= 4 is 22.8 Å². The standard InChI is InChI=1S/C25H22F2N4O3/c1-15-11-16(3-5-20(15)27)23-24(29-9-8-28-23)25(33)31(14-22(32)34-2)10-7-17-13-30-21-6-4-18(26)12-19(17)21/h3-6,8-9,11-13,30H,7,10,14H2,1-2H3. The monoisotopic (exact) mass is 464 g/mol. The predicted octanol–water partition coefficient (Wildman–Crippen LogP) is 4.07. The van der Waals surface area contributed by atoms with Crippen LogP contribution in [0.25, 0.3) is 22.2 Å². The van der Waals surface area contributed by atoms with Crippen molar-refractivity contribution in [2.45, 2.75) is 13.3 Å². The first-order valence-corrected chi connectivity index (χ1v) is 10.6. The number of aromatic nitrogens is 3. The van der Waals surface area contributed by atoms with Crippen molar-refractivity contribution in [3.63, 3.8) is 0 Å². The lowest BCUT2D eigenvalue weighted by molar-refractivity contribution is -0.141. The van der Waals surface area contributed by atoms with Gasteiger partial charge in [-0.1, -0.05) is 0 Å². The molecule has 1 N–H and O–H groups in total. The van der Waals surface area contributed by atoms with Gasteiger partial charge in [0.1, 0.15) is 23.9 Å². The molecule has 0 atom stereocenters. The van der Waals surface area contributed by atoms with Crippen LogP contribution < -0.4 is 0 Å². The van der Waals surface area contributed by atoms with Crippen molar-refractivity contribution in [3.05, 3.63) is 83.4 Å². The number of benzene rings is 2. The smallest absolute Gasteiger partial charge is 0.325 e. The SMILES string of the molecule is COC(=O)CN(CCc1c[nH]c2ccc(F)cc12)C(=O)c1nccnc1-c1ccc(F)c(C)c1. The summed E-state index contributed by atoms with van der Waals surface area (Å²) in [4.78, 5) is 38.4. The summed E-state index contributed by atoms with van der Waals surface area (Å²) in [5.41, 5.74) is 2.80. The molecule has 7 nitrogen and oxygen atoms in total. The second-order valence-corrected chi connectivity index (χ2v) is 7.77. The van der Waals surface area contributed by atoms with E-state index in [0.717, 1.165) is 11.1 Å². The maximum absolute atomic E-state index is 13.8. The van der Waals surface area contributed by atoms with E-state index in [2.05, 4.69) is 15.0 Å². The zero-order chi connectivity index (χ0) is 24.2. The summed E-state index contributed by atoms with van der Waals surface area (Å²) >= 11 is 0. The fourth-order valence-corrected chi connectivity index (χ4v) is 3.73. The van der Waals surface area contributed by atoms with Crippen LogP contribution in [0.2, 0.25) is 0 Å². The minimum atomic E-state index is -0.596. The number of amides is 1. The van der Waals surface area contributed by atoms with Crippen LogP contribution in [0.5, 0.6) is 0 Å². The van der Waals surface area contributed by atoms with Gasteiger partial charge in [-0.3, -0.25) is 14.6 Å². The number of nitrogens with one attached hydrogen (secondary N) is 1. The average Bonchev–Trinajstić information content (AvgIpc) is 3.24. The minimum Gasteiger partial charge on any atom is -0.468 e. The largest absolute Gasteiger partial charge is 0.468 e. The summed E-state index contributed by atoms with van der Waals surface area (Å²) in [6, 6.07) is 8.83. The van der Waals surface area contributed by atoms with Crippen LogP contribution in [0.3, 0.4) is 0 Å². The Hall–Kier alpha value is -4.14. The molecule has 1 amide bonds. The normalized spacial score (nSPS) is 10.9. The fourth-order valence-electron chi connectivity index (χ4n) is 3.73. The Labute approximate surface area is 194 Å². The van der Waals surface area contributed by atoms with Crippen molar-refractivity contribution in [2.75, 3.05) is 20.2 Å². The van der Waals surface area contributed by atoms with Crippen molar-refractivity contribution in [2.24, 2.45) is 0 Å². The lowest BCUT2D eigenvalue weighted by atomic mass is 10.1. The van der Waals surface area contributed by atoms with E-state index in [4.69, 9.17) is 4.74 Å². The van der Waals surface area contributed by atoms with Gasteiger partial charge in [0.2, 0.25) is 0 Å². The zero-order valence-corrected chi connectivity index (χ0v) is 18.6. The fraction of sp³-hybridized carbons (Fsp3) is 0.200. The number of nitrogens with zero attached hydrogens (tertiary/aromatic N) is 3. The number of halogens is 2. The van der Waals surface area contributed by atoms with Gasteiger partial charge >= 0.3 is 5.97 Å². The third-order valence-electron chi connectivity index (χ3n) is 5.55. The third-order valence-corrected chi connectivity index (χ3v) is 5.55. The predicted molar refractivity (Wildman–Crippen MR) is 122 cm³/mol. The Morgan fingerprint density at radius 1 is 1.09 bits per heavy atom. The molecule has 4 aromatic rings. The lowest BCUT2D eigenvalue weighted by Gasteiger charge is -2.22. The summed E-state index contributed by atoms with van der Waals surface area (Å²) in [7, 11) is 1.24. The molecule has 174 valence electrons. The summed E-state index contributed by atoms with van der Waals surface area (Å²) in [6.07, 6.45) is 4.93. The van der Waals surface area contributed by atoms with Gasteiger partial charge in [-0.05, 0) is 60.9 Å². The Kier molecular flexibility index (Phi) is 6.62. The summed E-state index contributed by atoms with van der Waals surface area (Å²) in [5.74, 6) is -1.86. The van der Waals surface area contributed by atoms with E-state index in [9.17, 15) is 18.4 Å². The number of fused-ring (bicyclic) bond motifs is 1. The summed E-state index contributed by atoms with van der Waals surface area (Å²) in [5, 5.41) is 0.701. The molecule has 0 aliphatic heterocycles. The van der Waals surface area contributed by atoms with E-state index in [-0.39, 0.29) is 36.1 Å². The first kappa shape index (κ1) is 23.0. The van der Waals surface area contributed by atoms with Gasteiger partial charge in [0.15, 0.2) is 5.69 Å². The molecule has 0 saturated carbocycles. The molecule has 4 rings (SSSR count). The highest BCUT2D eigenvalue weighted by atomic mass is 19.1. The van der Waals surface area contributed by atoms with Crippen LogP contribution in [-0.4, -0.2) is 51.9 Å². The third kappa shape index (κ3) is 4.78. The highest BCUT2D eigenvalue weighted by Crippen LogP contribution is 2.24. The number of aryl methyl sites for hydroxylation is 1. The Balaban J connectivity index is 1.65. The summed E-state index contributed by atoms with van der Waals surface area (Å²) < 4.78 is 32.3. The number of carbonyl (C=O) groups is 2. The Morgan fingerprint density at radius 3 is 2.65 bits per heavy atom. The number of carbonyl (C=O) groups excluding carboxylic acids is 2. The van der Waals surface area contributed by atoms with Crippen LogP contribution in [0.15, 0.2) is 55.0 Å². The number of H-pyrrole nitrogens is 1. The first-order valence-electron chi connectivity index (χ1n) is 10.6. The second-order valence-electron chi connectivity index (χ2n) is 7.77. The number of ether oxygens (including phenoxy) is 1. The number of rotatable bonds is 7. The van der Waals surface area contributed by atoms with Gasteiger partial charge in [-0.15, -0.1) is 0 Å². The molecule has 2 aromatic carbocycles. The van der Waals surface area contributed by atoms with Gasteiger partial charge in [0, 0.05) is 41.6 Å². The molecule has 2 heterocycles. The van der Waals surface area contributed by atoms with Crippen LogP contribution in [-0.2, 0) is 16.0 Å². The quantitative estimate of drug-likeness (QED) is 0.417. The molecule has 0 fully saturated rings. The summed E-state index contributed by atoms with van der Waals surface area (Å²) in [6.45, 7) is 1.46. The second kappa shape index (κ2) is 9.78. The van der Waals surface area contributed by atoms with Crippen LogP contribution in [0.1, 0.15) is 21.6 Å². The molecule has 0 bridgehead atoms. The van der Waals surface area contributed by atoms with E-state index in [1.165, 1.54) is 48.7 Å². The molecule has 0 unspecified atom stereocenters. The molecule has 34 heavy (non-hydrogen) atoms. The van der Waals surface area contributed by atoms with E-state index >= 15 is 0 Å².